The van der Waals surface area contributed by atoms with Crippen molar-refractivity contribution in [3.8, 4) is 5.75 Å². The zero-order valence-corrected chi connectivity index (χ0v) is 18.2. The quantitative estimate of drug-likeness (QED) is 0.535. The Morgan fingerprint density at radius 2 is 1.83 bits per heavy atom. The first-order chi connectivity index (χ1) is 13.7. The Labute approximate surface area is 174 Å². The molecule has 162 valence electrons. The lowest BCUT2D eigenvalue weighted by Crippen LogP contribution is -2.51. The average Bonchev–Trinajstić information content (AvgIpc) is 2.67. The van der Waals surface area contributed by atoms with Gasteiger partial charge >= 0.3 is 0 Å². The van der Waals surface area contributed by atoms with Crippen molar-refractivity contribution in [3.63, 3.8) is 0 Å². The van der Waals surface area contributed by atoms with Crippen LogP contribution in [0.15, 0.2) is 24.3 Å². The fourth-order valence-corrected chi connectivity index (χ4v) is 4.28. The number of carbonyl (C=O) groups excluding carboxylic acids is 2. The highest BCUT2D eigenvalue weighted by atomic mass is 16.3. The maximum absolute atomic E-state index is 13.0. The summed E-state index contributed by atoms with van der Waals surface area (Å²) in [6.45, 7) is 8.60. The van der Waals surface area contributed by atoms with Crippen molar-refractivity contribution in [3.05, 3.63) is 29.8 Å². The summed E-state index contributed by atoms with van der Waals surface area (Å²) in [5, 5.41) is 15.5. The van der Waals surface area contributed by atoms with Crippen LogP contribution in [0.5, 0.6) is 5.75 Å². The van der Waals surface area contributed by atoms with E-state index < -0.39 is 6.04 Å². The van der Waals surface area contributed by atoms with Gasteiger partial charge in [-0.3, -0.25) is 9.59 Å². The lowest BCUT2D eigenvalue weighted by atomic mass is 9.70. The van der Waals surface area contributed by atoms with E-state index in [0.717, 1.165) is 18.4 Å². The van der Waals surface area contributed by atoms with Crippen LogP contribution >= 0.6 is 0 Å². The van der Waals surface area contributed by atoms with E-state index in [1.165, 1.54) is 6.42 Å². The fourth-order valence-electron chi connectivity index (χ4n) is 4.28. The van der Waals surface area contributed by atoms with Gasteiger partial charge < -0.3 is 21.5 Å². The van der Waals surface area contributed by atoms with Crippen molar-refractivity contribution in [2.24, 2.45) is 29.4 Å². The second-order valence-electron chi connectivity index (χ2n) is 9.04. The molecular formula is C23H37N3O3. The summed E-state index contributed by atoms with van der Waals surface area (Å²) < 4.78 is 0. The molecule has 1 aromatic carbocycles. The van der Waals surface area contributed by atoms with Crippen molar-refractivity contribution in [2.75, 3.05) is 6.54 Å². The maximum Gasteiger partial charge on any atom is 0.236 e. The largest absolute Gasteiger partial charge is 0.508 e. The van der Waals surface area contributed by atoms with Gasteiger partial charge in [-0.05, 0) is 61.6 Å². The Balaban J connectivity index is 2.03. The van der Waals surface area contributed by atoms with Gasteiger partial charge in [0.2, 0.25) is 11.8 Å². The number of benzene rings is 1. The van der Waals surface area contributed by atoms with E-state index in [2.05, 4.69) is 31.4 Å². The van der Waals surface area contributed by atoms with E-state index in [-0.39, 0.29) is 29.5 Å². The molecule has 1 aliphatic carbocycles. The van der Waals surface area contributed by atoms with Gasteiger partial charge in [0.05, 0.1) is 12.1 Å². The second kappa shape index (κ2) is 10.6. The number of aromatic hydroxyl groups is 1. The van der Waals surface area contributed by atoms with Crippen molar-refractivity contribution in [1.82, 2.24) is 10.6 Å². The minimum Gasteiger partial charge on any atom is -0.508 e. The minimum absolute atomic E-state index is 0.0252. The van der Waals surface area contributed by atoms with Crippen LogP contribution in [0.1, 0.15) is 52.5 Å². The molecule has 2 amide bonds. The summed E-state index contributed by atoms with van der Waals surface area (Å²) in [5.74, 6) is 1.51. The maximum atomic E-state index is 13.0. The summed E-state index contributed by atoms with van der Waals surface area (Å²) in [5.41, 5.74) is 6.68. The molecule has 6 heteroatoms. The van der Waals surface area contributed by atoms with E-state index >= 15 is 0 Å². The third-order valence-electron chi connectivity index (χ3n) is 6.06. The zero-order valence-electron chi connectivity index (χ0n) is 18.2. The number of phenolic OH excluding ortho intramolecular Hbond substituents is 1. The highest BCUT2D eigenvalue weighted by molar-refractivity contribution is 5.82. The molecule has 5 atom stereocenters. The van der Waals surface area contributed by atoms with Crippen LogP contribution in [0.2, 0.25) is 0 Å². The lowest BCUT2D eigenvalue weighted by Gasteiger charge is -2.36. The molecule has 29 heavy (non-hydrogen) atoms. The summed E-state index contributed by atoms with van der Waals surface area (Å²) in [6.07, 6.45) is 3.74. The number of nitrogens with two attached hydrogens (primary N) is 1. The molecule has 0 radical (unpaired) electrons. The van der Waals surface area contributed by atoms with Crippen LogP contribution in [-0.2, 0) is 16.0 Å². The van der Waals surface area contributed by atoms with Crippen LogP contribution in [-0.4, -0.2) is 35.5 Å². The summed E-state index contributed by atoms with van der Waals surface area (Å²) in [7, 11) is 0. The van der Waals surface area contributed by atoms with Gasteiger partial charge in [0.15, 0.2) is 0 Å². The number of rotatable bonds is 8. The minimum atomic E-state index is -0.613. The van der Waals surface area contributed by atoms with Crippen LogP contribution in [0.4, 0.5) is 0 Å². The molecule has 1 fully saturated rings. The highest BCUT2D eigenvalue weighted by Gasteiger charge is 2.35. The second-order valence-corrected chi connectivity index (χ2v) is 9.04. The molecule has 0 saturated heterocycles. The van der Waals surface area contributed by atoms with Gasteiger partial charge in [-0.2, -0.15) is 0 Å². The molecule has 1 saturated carbocycles. The van der Waals surface area contributed by atoms with E-state index in [9.17, 15) is 14.7 Å². The van der Waals surface area contributed by atoms with Crippen LogP contribution in [0.3, 0.4) is 0 Å². The van der Waals surface area contributed by atoms with Gasteiger partial charge in [0, 0.05) is 12.5 Å². The van der Waals surface area contributed by atoms with Gasteiger partial charge in [-0.25, -0.2) is 0 Å². The summed E-state index contributed by atoms with van der Waals surface area (Å²) >= 11 is 0. The molecule has 2 unspecified atom stereocenters. The number of carbonyl (C=O) groups is 2. The molecule has 0 spiro atoms. The highest BCUT2D eigenvalue weighted by Crippen LogP contribution is 2.38. The van der Waals surface area contributed by atoms with Crippen LogP contribution in [0.25, 0.3) is 0 Å². The van der Waals surface area contributed by atoms with Gasteiger partial charge in [-0.15, -0.1) is 0 Å². The third kappa shape index (κ3) is 7.03. The van der Waals surface area contributed by atoms with Crippen molar-refractivity contribution in [2.45, 2.75) is 65.5 Å². The molecule has 1 aromatic rings. The number of phenols is 1. The summed E-state index contributed by atoms with van der Waals surface area (Å²) in [4.78, 5) is 25.1. The SMILES string of the molecule is CC(N)C(=O)NC(CNC(=O)[C@@H]1C[C@H](C)CC[C@H]1C(C)C)Cc1ccc(O)cc1. The average molecular weight is 404 g/mol. The van der Waals surface area contributed by atoms with E-state index in [4.69, 9.17) is 5.73 Å². The molecule has 2 rings (SSSR count). The molecule has 6 nitrogen and oxygen atoms in total. The first-order valence-corrected chi connectivity index (χ1v) is 10.8. The molecule has 0 aromatic heterocycles. The Kier molecular flexibility index (Phi) is 8.50. The molecular weight excluding hydrogens is 366 g/mol. The molecule has 0 heterocycles. The van der Waals surface area contributed by atoms with Crippen molar-refractivity contribution in [1.29, 1.82) is 0 Å². The first-order valence-electron chi connectivity index (χ1n) is 10.8. The van der Waals surface area contributed by atoms with E-state index in [0.29, 0.717) is 30.7 Å². The number of nitrogens with one attached hydrogen (secondary N) is 2. The normalized spacial score (nSPS) is 24.0. The predicted molar refractivity (Wildman–Crippen MR) is 115 cm³/mol. The number of amides is 2. The van der Waals surface area contributed by atoms with Crippen LogP contribution < -0.4 is 16.4 Å². The monoisotopic (exact) mass is 403 g/mol. The Morgan fingerprint density at radius 1 is 1.17 bits per heavy atom. The lowest BCUT2D eigenvalue weighted by molar-refractivity contribution is -0.130. The Bertz CT molecular complexity index is 672. The van der Waals surface area contributed by atoms with E-state index in [1.54, 1.807) is 19.1 Å². The first kappa shape index (κ1) is 23.2. The van der Waals surface area contributed by atoms with E-state index in [1.807, 2.05) is 12.1 Å². The predicted octanol–water partition coefficient (Wildman–Crippen LogP) is 2.59. The smallest absolute Gasteiger partial charge is 0.236 e. The van der Waals surface area contributed by atoms with Crippen molar-refractivity contribution >= 4 is 11.8 Å². The number of hydrogen-bond acceptors (Lipinski definition) is 4. The Morgan fingerprint density at radius 3 is 2.41 bits per heavy atom. The molecule has 1 aliphatic rings. The topological polar surface area (TPSA) is 104 Å². The van der Waals surface area contributed by atoms with Gasteiger partial charge in [0.1, 0.15) is 5.75 Å². The molecule has 0 aliphatic heterocycles. The summed E-state index contributed by atoms with van der Waals surface area (Å²) in [6, 6.07) is 6.00. The Hall–Kier alpha value is -2.08. The fraction of sp³-hybridized carbons (Fsp3) is 0.652. The number of hydrogen-bond donors (Lipinski definition) is 4. The molecule has 0 bridgehead atoms. The zero-order chi connectivity index (χ0) is 21.6. The van der Waals surface area contributed by atoms with Gasteiger partial charge in [-0.1, -0.05) is 39.3 Å². The third-order valence-corrected chi connectivity index (χ3v) is 6.06. The standard InChI is InChI=1S/C23H37N3O3/c1-14(2)20-10-5-15(3)11-21(20)23(29)25-13-18(26-22(28)16(4)24)12-17-6-8-19(27)9-7-17/h6-9,14-16,18,20-21,27H,5,10-13,24H2,1-4H3,(H,25,29)(H,26,28)/t15-,16?,18?,20+,21-/m1/s1. The van der Waals surface area contributed by atoms with Gasteiger partial charge in [0.25, 0.3) is 0 Å². The molecule has 5 N–H and O–H groups in total. The van der Waals surface area contributed by atoms with Crippen molar-refractivity contribution < 1.29 is 14.7 Å². The van der Waals surface area contributed by atoms with Crippen LogP contribution in [0, 0.1) is 23.7 Å².